The second kappa shape index (κ2) is 9.57. The highest BCUT2D eigenvalue weighted by Crippen LogP contribution is 2.17. The van der Waals surface area contributed by atoms with Crippen molar-refractivity contribution in [3.8, 4) is 0 Å². The van der Waals surface area contributed by atoms with Crippen LogP contribution in [0, 0.1) is 0 Å². The van der Waals surface area contributed by atoms with Gasteiger partial charge >= 0.3 is 12.2 Å². The number of carbonyl (C=O) groups is 2. The molecule has 0 saturated heterocycles. The average molecular weight is 382 g/mol. The topological polar surface area (TPSA) is 79.3 Å². The van der Waals surface area contributed by atoms with Crippen molar-refractivity contribution in [3.05, 3.63) is 83.9 Å². The Morgan fingerprint density at radius 1 is 0.893 bits per heavy atom. The van der Waals surface area contributed by atoms with E-state index in [1.165, 1.54) is 0 Å². The van der Waals surface area contributed by atoms with Crippen LogP contribution in [0.1, 0.15) is 11.1 Å². The Bertz CT molecular complexity index is 810. The molecule has 7 heteroatoms. The third-order valence-corrected chi connectivity index (χ3v) is 4.21. The molecule has 1 atom stereocenters. The van der Waals surface area contributed by atoms with Crippen molar-refractivity contribution in [3.63, 3.8) is 0 Å². The van der Waals surface area contributed by atoms with Crippen molar-refractivity contribution in [2.75, 3.05) is 13.2 Å². The molecule has 0 unspecified atom stereocenters. The second-order valence-electron chi connectivity index (χ2n) is 6.19. The summed E-state index contributed by atoms with van der Waals surface area (Å²) in [6.07, 6.45) is 1.93. The van der Waals surface area contributed by atoms with E-state index in [0.717, 1.165) is 21.1 Å². The van der Waals surface area contributed by atoms with Crippen molar-refractivity contribution in [2.24, 2.45) is 0 Å². The zero-order valence-corrected chi connectivity index (χ0v) is 15.3. The van der Waals surface area contributed by atoms with Gasteiger partial charge < -0.3 is 14.6 Å². The smallest absolute Gasteiger partial charge is 0.429 e. The van der Waals surface area contributed by atoms with Crippen LogP contribution in [0.15, 0.2) is 72.8 Å². The van der Waals surface area contributed by atoms with Crippen LogP contribution in [0.4, 0.5) is 9.59 Å². The number of nitrogens with zero attached hydrogens (tertiary/aromatic N) is 2. The molecule has 0 aliphatic carbocycles. The van der Waals surface area contributed by atoms with Gasteiger partial charge in [-0.3, -0.25) is 0 Å². The van der Waals surface area contributed by atoms with E-state index < -0.39 is 18.2 Å². The minimum Gasteiger partial charge on any atom is -0.443 e. The molecule has 1 aliphatic rings. The minimum atomic E-state index is -0.732. The van der Waals surface area contributed by atoms with E-state index >= 15 is 0 Å². The molecule has 2 aromatic carbocycles. The fraction of sp³-hybridized carbons (Fsp3) is 0.238. The molecule has 1 heterocycles. The zero-order valence-electron chi connectivity index (χ0n) is 15.3. The number of benzene rings is 2. The van der Waals surface area contributed by atoms with Crippen LogP contribution in [0.5, 0.6) is 0 Å². The van der Waals surface area contributed by atoms with Gasteiger partial charge in [0.15, 0.2) is 0 Å². The molecule has 28 heavy (non-hydrogen) atoms. The van der Waals surface area contributed by atoms with Crippen LogP contribution in [0.3, 0.4) is 0 Å². The largest absolute Gasteiger partial charge is 0.443 e. The Kier molecular flexibility index (Phi) is 6.64. The molecule has 0 radical (unpaired) electrons. The Morgan fingerprint density at radius 2 is 1.43 bits per heavy atom. The molecule has 1 N–H and O–H groups in total. The van der Waals surface area contributed by atoms with Gasteiger partial charge in [-0.05, 0) is 11.1 Å². The van der Waals surface area contributed by atoms with Gasteiger partial charge in [0.1, 0.15) is 13.2 Å². The highest BCUT2D eigenvalue weighted by molar-refractivity contribution is 5.75. The first-order valence-electron chi connectivity index (χ1n) is 8.94. The summed E-state index contributed by atoms with van der Waals surface area (Å²) in [5, 5.41) is 11.9. The fourth-order valence-electron chi connectivity index (χ4n) is 2.78. The third kappa shape index (κ3) is 4.89. The maximum atomic E-state index is 12.6. The summed E-state index contributed by atoms with van der Waals surface area (Å²) in [4.78, 5) is 25.2. The number of hydrazine groups is 1. The first kappa shape index (κ1) is 19.4. The number of amides is 2. The van der Waals surface area contributed by atoms with Crippen molar-refractivity contribution in [1.82, 2.24) is 10.0 Å². The maximum Gasteiger partial charge on any atom is 0.429 e. The lowest BCUT2D eigenvalue weighted by Gasteiger charge is -2.38. The van der Waals surface area contributed by atoms with E-state index in [0.29, 0.717) is 0 Å². The molecular weight excluding hydrogens is 360 g/mol. The van der Waals surface area contributed by atoms with Gasteiger partial charge in [0.25, 0.3) is 0 Å². The standard InChI is InChI=1S/C21H22N2O5/c24-14-19-12-7-13-22(20(25)27-15-17-8-3-1-4-9-17)23(19)21(26)28-16-18-10-5-2-6-11-18/h1-12,19,24H,13-16H2/t19-/m1/s1. The number of ether oxygens (including phenoxy) is 2. The highest BCUT2D eigenvalue weighted by atomic mass is 16.6. The highest BCUT2D eigenvalue weighted by Gasteiger charge is 2.35. The SMILES string of the molecule is O=C(OCc1ccccc1)N1CC=C[C@H](CO)N1C(=O)OCc1ccccc1. The molecule has 0 fully saturated rings. The number of aliphatic hydroxyl groups excluding tert-OH is 1. The molecule has 3 rings (SSSR count). The van der Waals surface area contributed by atoms with E-state index in [9.17, 15) is 14.7 Å². The Morgan fingerprint density at radius 3 is 1.96 bits per heavy atom. The Labute approximate surface area is 163 Å². The molecule has 7 nitrogen and oxygen atoms in total. The van der Waals surface area contributed by atoms with Crippen LogP contribution < -0.4 is 0 Å². The molecule has 2 amide bonds. The summed E-state index contributed by atoms with van der Waals surface area (Å²) in [5.41, 5.74) is 1.66. The predicted octanol–water partition coefficient (Wildman–Crippen LogP) is 3.11. The number of rotatable bonds is 5. The maximum absolute atomic E-state index is 12.6. The number of hydrogen-bond acceptors (Lipinski definition) is 5. The van der Waals surface area contributed by atoms with Crippen molar-refractivity contribution >= 4 is 12.2 Å². The van der Waals surface area contributed by atoms with Crippen molar-refractivity contribution in [2.45, 2.75) is 19.3 Å². The lowest BCUT2D eigenvalue weighted by Crippen LogP contribution is -2.57. The van der Waals surface area contributed by atoms with E-state index in [1.54, 1.807) is 12.2 Å². The molecule has 2 aromatic rings. The summed E-state index contributed by atoms with van der Waals surface area (Å²) in [7, 11) is 0. The molecule has 0 aromatic heterocycles. The molecule has 0 saturated carbocycles. The molecule has 146 valence electrons. The second-order valence-corrected chi connectivity index (χ2v) is 6.19. The summed E-state index contributed by atoms with van der Waals surface area (Å²) >= 11 is 0. The fourth-order valence-corrected chi connectivity index (χ4v) is 2.78. The summed E-state index contributed by atoms with van der Waals surface area (Å²) in [6, 6.07) is 17.8. The lowest BCUT2D eigenvalue weighted by atomic mass is 10.2. The van der Waals surface area contributed by atoms with Crippen LogP contribution in [-0.2, 0) is 22.7 Å². The predicted molar refractivity (Wildman–Crippen MR) is 102 cm³/mol. The lowest BCUT2D eigenvalue weighted by molar-refractivity contribution is -0.0478. The van der Waals surface area contributed by atoms with Gasteiger partial charge in [-0.25, -0.2) is 19.6 Å². The van der Waals surface area contributed by atoms with E-state index in [4.69, 9.17) is 9.47 Å². The van der Waals surface area contributed by atoms with Crippen LogP contribution in [0.25, 0.3) is 0 Å². The molecular formula is C21H22N2O5. The van der Waals surface area contributed by atoms with E-state index in [-0.39, 0.29) is 26.4 Å². The number of carbonyl (C=O) groups excluding carboxylic acids is 2. The summed E-state index contributed by atoms with van der Waals surface area (Å²) in [5.74, 6) is 0. The molecule has 0 bridgehead atoms. The number of hydrogen-bond donors (Lipinski definition) is 1. The molecule has 0 spiro atoms. The third-order valence-electron chi connectivity index (χ3n) is 4.21. The monoisotopic (exact) mass is 382 g/mol. The van der Waals surface area contributed by atoms with Crippen LogP contribution >= 0.6 is 0 Å². The van der Waals surface area contributed by atoms with Gasteiger partial charge in [-0.1, -0.05) is 72.8 Å². The van der Waals surface area contributed by atoms with Gasteiger partial charge in [0.2, 0.25) is 0 Å². The zero-order chi connectivity index (χ0) is 19.8. The van der Waals surface area contributed by atoms with Gasteiger partial charge in [-0.15, -0.1) is 0 Å². The quantitative estimate of drug-likeness (QED) is 0.804. The van der Waals surface area contributed by atoms with Crippen molar-refractivity contribution in [1.29, 1.82) is 0 Å². The number of aliphatic hydroxyl groups is 1. The van der Waals surface area contributed by atoms with Gasteiger partial charge in [-0.2, -0.15) is 0 Å². The van der Waals surface area contributed by atoms with Crippen LogP contribution in [0.2, 0.25) is 0 Å². The average Bonchev–Trinajstić information content (AvgIpc) is 2.76. The normalized spacial score (nSPS) is 16.0. The van der Waals surface area contributed by atoms with Crippen LogP contribution in [-0.4, -0.2) is 46.5 Å². The first-order valence-corrected chi connectivity index (χ1v) is 8.94. The first-order chi connectivity index (χ1) is 13.7. The summed E-state index contributed by atoms with van der Waals surface area (Å²) in [6.45, 7) is -0.0640. The van der Waals surface area contributed by atoms with Gasteiger partial charge in [0, 0.05) is 0 Å². The minimum absolute atomic E-state index is 0.0605. The van der Waals surface area contributed by atoms with E-state index in [2.05, 4.69) is 0 Å². The van der Waals surface area contributed by atoms with E-state index in [1.807, 2.05) is 60.7 Å². The summed E-state index contributed by atoms with van der Waals surface area (Å²) < 4.78 is 10.7. The Hall–Kier alpha value is -3.32. The Balaban J connectivity index is 1.66. The van der Waals surface area contributed by atoms with Crippen molar-refractivity contribution < 1.29 is 24.2 Å². The van der Waals surface area contributed by atoms with Gasteiger partial charge in [0.05, 0.1) is 19.2 Å². The molecule has 1 aliphatic heterocycles.